The van der Waals surface area contributed by atoms with Gasteiger partial charge in [-0.05, 0) is 40.2 Å². The Bertz CT molecular complexity index is 661. The fourth-order valence-electron chi connectivity index (χ4n) is 2.23. The quantitative estimate of drug-likeness (QED) is 0.709. The average Bonchev–Trinajstić information content (AvgIpc) is 3.10. The molecule has 7 heteroatoms. The lowest BCUT2D eigenvalue weighted by Gasteiger charge is -2.07. The molecule has 0 unspecified atom stereocenters. The number of nitrogens with one attached hydrogen (secondary N) is 1. The number of carbonyl (C=O) groups excluding carboxylic acids is 1. The third-order valence-electron chi connectivity index (χ3n) is 3.40. The summed E-state index contributed by atoms with van der Waals surface area (Å²) < 4.78 is 16.5. The molecule has 0 saturated heterocycles. The van der Waals surface area contributed by atoms with Gasteiger partial charge in [0.15, 0.2) is 0 Å². The molecule has 0 aromatic carbocycles. The zero-order chi connectivity index (χ0) is 17.5. The van der Waals surface area contributed by atoms with Gasteiger partial charge >= 0.3 is 0 Å². The van der Waals surface area contributed by atoms with Crippen molar-refractivity contribution in [2.45, 2.75) is 53.1 Å². The van der Waals surface area contributed by atoms with Crippen LogP contribution in [0.15, 0.2) is 14.9 Å². The molecule has 0 aliphatic rings. The molecule has 0 bridgehead atoms. The number of hydrogen-bond donors (Lipinski definition) is 1. The van der Waals surface area contributed by atoms with Crippen LogP contribution in [0.1, 0.15) is 44.1 Å². The molecule has 0 aliphatic heterocycles. The Morgan fingerprint density at radius 2 is 2.08 bits per heavy atom. The summed E-state index contributed by atoms with van der Waals surface area (Å²) >= 11 is 0. The van der Waals surface area contributed by atoms with Crippen LogP contribution < -0.4 is 5.32 Å². The highest BCUT2D eigenvalue weighted by atomic mass is 16.5. The molecule has 0 spiro atoms. The number of furan rings is 1. The van der Waals surface area contributed by atoms with Crippen LogP contribution in [0, 0.1) is 13.8 Å². The molecule has 0 aliphatic carbocycles. The van der Waals surface area contributed by atoms with E-state index in [1.165, 1.54) is 0 Å². The number of aryl methyl sites for hydroxylation is 3. The molecule has 1 amide bonds. The average molecular weight is 335 g/mol. The zero-order valence-electron chi connectivity index (χ0n) is 14.7. The van der Waals surface area contributed by atoms with Crippen molar-refractivity contribution in [2.24, 2.45) is 0 Å². The van der Waals surface area contributed by atoms with Crippen molar-refractivity contribution in [2.75, 3.05) is 13.2 Å². The van der Waals surface area contributed by atoms with Gasteiger partial charge in [-0.15, -0.1) is 10.2 Å². The van der Waals surface area contributed by atoms with Crippen LogP contribution in [0.5, 0.6) is 0 Å². The highest BCUT2D eigenvalue weighted by molar-refractivity contribution is 5.75. The standard InChI is InChI=1S/C17H25N3O4/c1-11(2)22-9-5-8-18-15(21)6-7-16-19-20-17(24-16)14-10-12(3)23-13(14)4/h10-11H,5-9H2,1-4H3,(H,18,21). The van der Waals surface area contributed by atoms with Gasteiger partial charge in [0.2, 0.25) is 11.8 Å². The molecule has 24 heavy (non-hydrogen) atoms. The van der Waals surface area contributed by atoms with E-state index in [2.05, 4.69) is 15.5 Å². The van der Waals surface area contributed by atoms with Crippen LogP contribution in [0.25, 0.3) is 11.5 Å². The van der Waals surface area contributed by atoms with Gasteiger partial charge in [0.05, 0.1) is 11.7 Å². The van der Waals surface area contributed by atoms with Crippen LogP contribution in [-0.2, 0) is 16.0 Å². The second kappa shape index (κ2) is 8.63. The van der Waals surface area contributed by atoms with Gasteiger partial charge in [0.25, 0.3) is 5.89 Å². The minimum atomic E-state index is -0.0327. The van der Waals surface area contributed by atoms with Gasteiger partial charge in [0.1, 0.15) is 11.5 Å². The third-order valence-corrected chi connectivity index (χ3v) is 3.40. The van der Waals surface area contributed by atoms with Crippen LogP contribution in [0.3, 0.4) is 0 Å². The number of hydrogen-bond acceptors (Lipinski definition) is 6. The normalized spacial score (nSPS) is 11.2. The van der Waals surface area contributed by atoms with E-state index in [1.54, 1.807) is 0 Å². The zero-order valence-corrected chi connectivity index (χ0v) is 14.7. The van der Waals surface area contributed by atoms with E-state index in [-0.39, 0.29) is 12.0 Å². The van der Waals surface area contributed by atoms with Gasteiger partial charge < -0.3 is 18.9 Å². The molecule has 7 nitrogen and oxygen atoms in total. The fourth-order valence-corrected chi connectivity index (χ4v) is 2.23. The van der Waals surface area contributed by atoms with Crippen molar-refractivity contribution in [3.8, 4) is 11.5 Å². The van der Waals surface area contributed by atoms with E-state index in [0.29, 0.717) is 37.8 Å². The largest absolute Gasteiger partial charge is 0.466 e. The Balaban J connectivity index is 1.73. The summed E-state index contributed by atoms with van der Waals surface area (Å²) in [6.45, 7) is 8.95. The van der Waals surface area contributed by atoms with Crippen LogP contribution in [0.2, 0.25) is 0 Å². The van der Waals surface area contributed by atoms with Crippen LogP contribution >= 0.6 is 0 Å². The predicted octanol–water partition coefficient (Wildman–Crippen LogP) is 2.81. The molecule has 0 saturated carbocycles. The van der Waals surface area contributed by atoms with Crippen molar-refractivity contribution in [1.82, 2.24) is 15.5 Å². The van der Waals surface area contributed by atoms with Gasteiger partial charge in [-0.2, -0.15) is 0 Å². The van der Waals surface area contributed by atoms with Crippen molar-refractivity contribution in [1.29, 1.82) is 0 Å². The molecule has 1 N–H and O–H groups in total. The van der Waals surface area contributed by atoms with E-state index in [9.17, 15) is 4.79 Å². The first-order valence-electron chi connectivity index (χ1n) is 8.23. The first-order valence-corrected chi connectivity index (χ1v) is 8.23. The molecular formula is C17H25N3O4. The molecule has 2 rings (SSSR count). The molecule has 132 valence electrons. The number of rotatable bonds is 9. The lowest BCUT2D eigenvalue weighted by molar-refractivity contribution is -0.121. The summed E-state index contributed by atoms with van der Waals surface area (Å²) in [6.07, 6.45) is 1.75. The van der Waals surface area contributed by atoms with E-state index in [1.807, 2.05) is 33.8 Å². The van der Waals surface area contributed by atoms with E-state index < -0.39 is 0 Å². The Kier molecular flexibility index (Phi) is 6.54. The number of nitrogens with zero attached hydrogens (tertiary/aromatic N) is 2. The van der Waals surface area contributed by atoms with Crippen LogP contribution in [0.4, 0.5) is 0 Å². The van der Waals surface area contributed by atoms with Gasteiger partial charge in [0, 0.05) is 26.0 Å². The summed E-state index contributed by atoms with van der Waals surface area (Å²) in [7, 11) is 0. The maximum Gasteiger partial charge on any atom is 0.251 e. The maximum absolute atomic E-state index is 11.8. The molecule has 2 aromatic rings. The maximum atomic E-state index is 11.8. The number of aromatic nitrogens is 2. The van der Waals surface area contributed by atoms with Gasteiger partial charge in [-0.1, -0.05) is 0 Å². The lowest BCUT2D eigenvalue weighted by atomic mass is 10.2. The lowest BCUT2D eigenvalue weighted by Crippen LogP contribution is -2.25. The topological polar surface area (TPSA) is 90.4 Å². The van der Waals surface area contributed by atoms with Crippen molar-refractivity contribution in [3.63, 3.8) is 0 Å². The smallest absolute Gasteiger partial charge is 0.251 e. The van der Waals surface area contributed by atoms with Crippen molar-refractivity contribution >= 4 is 5.91 Å². The minimum absolute atomic E-state index is 0.0327. The highest BCUT2D eigenvalue weighted by Crippen LogP contribution is 2.25. The summed E-state index contributed by atoms with van der Waals surface area (Å²) in [6, 6.07) is 1.86. The summed E-state index contributed by atoms with van der Waals surface area (Å²) in [5, 5.41) is 10.9. The Morgan fingerprint density at radius 3 is 2.75 bits per heavy atom. The summed E-state index contributed by atoms with van der Waals surface area (Å²) in [5.74, 6) is 2.37. The molecule has 2 aromatic heterocycles. The van der Waals surface area contributed by atoms with Crippen molar-refractivity contribution < 1.29 is 18.4 Å². The summed E-state index contributed by atoms with van der Waals surface area (Å²) in [4.78, 5) is 11.8. The Hall–Kier alpha value is -2.15. The molecular weight excluding hydrogens is 310 g/mol. The molecule has 2 heterocycles. The minimum Gasteiger partial charge on any atom is -0.466 e. The second-order valence-corrected chi connectivity index (χ2v) is 5.95. The van der Waals surface area contributed by atoms with Gasteiger partial charge in [-0.3, -0.25) is 4.79 Å². The monoisotopic (exact) mass is 335 g/mol. The number of ether oxygens (including phenoxy) is 1. The fraction of sp³-hybridized carbons (Fsp3) is 0.588. The molecule has 0 atom stereocenters. The first kappa shape index (κ1) is 18.2. The van der Waals surface area contributed by atoms with E-state index >= 15 is 0 Å². The molecule has 0 fully saturated rings. The van der Waals surface area contributed by atoms with Crippen molar-refractivity contribution in [3.05, 3.63) is 23.5 Å². The second-order valence-electron chi connectivity index (χ2n) is 5.95. The SMILES string of the molecule is Cc1cc(-c2nnc(CCC(=O)NCCCOC(C)C)o2)c(C)o1. The van der Waals surface area contributed by atoms with Gasteiger partial charge in [-0.25, -0.2) is 0 Å². The van der Waals surface area contributed by atoms with Crippen LogP contribution in [-0.4, -0.2) is 35.4 Å². The number of amides is 1. The third kappa shape index (κ3) is 5.49. The van der Waals surface area contributed by atoms with E-state index in [0.717, 1.165) is 23.5 Å². The first-order chi connectivity index (χ1) is 11.5. The molecule has 0 radical (unpaired) electrons. The Morgan fingerprint density at radius 1 is 1.29 bits per heavy atom. The highest BCUT2D eigenvalue weighted by Gasteiger charge is 2.15. The van der Waals surface area contributed by atoms with E-state index in [4.69, 9.17) is 13.6 Å². The summed E-state index contributed by atoms with van der Waals surface area (Å²) in [5.41, 5.74) is 0.792. The number of carbonyl (C=O) groups is 1. The predicted molar refractivity (Wildman–Crippen MR) is 88.5 cm³/mol. The Labute approximate surface area is 141 Å².